The van der Waals surface area contributed by atoms with Gasteiger partial charge in [0.25, 0.3) is 5.91 Å². The molecular weight excluding hydrogens is 412 g/mol. The fourth-order valence-electron chi connectivity index (χ4n) is 2.99. The van der Waals surface area contributed by atoms with Crippen LogP contribution in [0, 0.1) is 6.92 Å². The number of rotatable bonds is 7. The molecule has 1 N–H and O–H groups in total. The molecule has 0 saturated carbocycles. The number of amides is 1. The Hall–Kier alpha value is -2.39. The number of anilines is 1. The van der Waals surface area contributed by atoms with E-state index in [1.165, 1.54) is 19.2 Å². The summed E-state index contributed by atoms with van der Waals surface area (Å²) in [6.45, 7) is 3.61. The lowest BCUT2D eigenvalue weighted by molar-refractivity contribution is 0.0935. The second-order valence-corrected chi connectivity index (χ2v) is 11.0. The minimum absolute atomic E-state index is 0.217. The molecule has 9 heteroatoms. The van der Waals surface area contributed by atoms with Crippen molar-refractivity contribution in [2.24, 2.45) is 0 Å². The summed E-state index contributed by atoms with van der Waals surface area (Å²) in [5.41, 5.74) is 2.16. The molecule has 0 spiro atoms. The molecule has 0 fully saturated rings. The normalized spacial score (nSPS) is 13.0. The van der Waals surface area contributed by atoms with Gasteiger partial charge in [0, 0.05) is 18.9 Å². The highest BCUT2D eigenvalue weighted by Gasteiger charge is 2.21. The lowest BCUT2D eigenvalue weighted by Gasteiger charge is -2.22. The third kappa shape index (κ3) is 5.36. The number of nitrogens with one attached hydrogen (secondary N) is 1. The molecular formula is C20H26N2O5S2. The van der Waals surface area contributed by atoms with E-state index in [2.05, 4.69) is 5.32 Å². The first-order chi connectivity index (χ1) is 13.4. The number of carbonyl (C=O) groups excluding carboxylic acids is 1. The molecule has 0 heterocycles. The van der Waals surface area contributed by atoms with Crippen LogP contribution in [0.2, 0.25) is 0 Å². The van der Waals surface area contributed by atoms with Gasteiger partial charge in [0.05, 0.1) is 22.9 Å². The summed E-state index contributed by atoms with van der Waals surface area (Å²) in [6, 6.07) is 11.0. The lowest BCUT2D eigenvalue weighted by Crippen LogP contribution is -2.30. The Morgan fingerprint density at radius 2 is 1.62 bits per heavy atom. The molecule has 2 aromatic rings. The zero-order valence-corrected chi connectivity index (χ0v) is 18.8. The quantitative estimate of drug-likeness (QED) is 0.716. The summed E-state index contributed by atoms with van der Waals surface area (Å²) in [5, 5.41) is 2.95. The summed E-state index contributed by atoms with van der Waals surface area (Å²) >= 11 is 0. The Labute approximate surface area is 172 Å². The van der Waals surface area contributed by atoms with Gasteiger partial charge in [-0.3, -0.25) is 9.10 Å². The molecule has 29 heavy (non-hydrogen) atoms. The zero-order valence-electron chi connectivity index (χ0n) is 17.1. The third-order valence-electron chi connectivity index (χ3n) is 4.81. The van der Waals surface area contributed by atoms with Gasteiger partial charge in [-0.05, 0) is 48.7 Å². The zero-order chi connectivity index (χ0) is 22.0. The minimum Gasteiger partial charge on any atom is -0.345 e. The average Bonchev–Trinajstić information content (AvgIpc) is 2.64. The topological polar surface area (TPSA) is 101 Å². The van der Waals surface area contributed by atoms with Crippen LogP contribution in [0.25, 0.3) is 0 Å². The molecule has 0 aromatic heterocycles. The molecule has 0 unspecified atom stereocenters. The fourth-order valence-corrected chi connectivity index (χ4v) is 4.18. The van der Waals surface area contributed by atoms with E-state index >= 15 is 0 Å². The maximum absolute atomic E-state index is 12.9. The Kier molecular flexibility index (Phi) is 6.74. The fraction of sp³-hybridized carbons (Fsp3) is 0.350. The second-order valence-electron chi connectivity index (χ2n) is 6.96. The summed E-state index contributed by atoms with van der Waals surface area (Å²) < 4.78 is 48.1. The molecule has 0 aliphatic carbocycles. The number of hydrogen-bond acceptors (Lipinski definition) is 5. The van der Waals surface area contributed by atoms with Gasteiger partial charge in [-0.1, -0.05) is 25.1 Å². The first-order valence-electron chi connectivity index (χ1n) is 9.00. The molecule has 0 radical (unpaired) electrons. The van der Waals surface area contributed by atoms with E-state index in [1.807, 2.05) is 6.92 Å². The van der Waals surface area contributed by atoms with Gasteiger partial charge in [-0.25, -0.2) is 16.8 Å². The molecule has 0 bridgehead atoms. The molecule has 158 valence electrons. The predicted molar refractivity (Wildman–Crippen MR) is 114 cm³/mol. The summed E-state index contributed by atoms with van der Waals surface area (Å²) in [6.07, 6.45) is 2.85. The van der Waals surface area contributed by atoms with Crippen molar-refractivity contribution in [2.45, 2.75) is 31.2 Å². The highest BCUT2D eigenvalue weighted by atomic mass is 32.2. The van der Waals surface area contributed by atoms with Crippen LogP contribution >= 0.6 is 0 Å². The molecule has 0 aliphatic heterocycles. The molecule has 2 aromatic carbocycles. The maximum Gasteiger partial charge on any atom is 0.252 e. The predicted octanol–water partition coefficient (Wildman–Crippen LogP) is 2.68. The first kappa shape index (κ1) is 22.9. The average molecular weight is 439 g/mol. The van der Waals surface area contributed by atoms with Crippen molar-refractivity contribution in [1.29, 1.82) is 0 Å². The Bertz CT molecular complexity index is 1110. The van der Waals surface area contributed by atoms with Crippen LogP contribution in [-0.2, 0) is 19.9 Å². The Morgan fingerprint density at radius 1 is 1.03 bits per heavy atom. The SMILES string of the molecule is CC[C@@H](NC(=O)c1cccc(N(C)S(C)(=O)=O)c1C)c1ccc(S(C)(=O)=O)cc1. The molecule has 7 nitrogen and oxygen atoms in total. The number of carbonyl (C=O) groups is 1. The van der Waals surface area contributed by atoms with Gasteiger partial charge < -0.3 is 5.32 Å². The number of sulfonamides is 1. The minimum atomic E-state index is -3.46. The van der Waals surface area contributed by atoms with Crippen molar-refractivity contribution >= 4 is 31.5 Å². The van der Waals surface area contributed by atoms with Crippen molar-refractivity contribution in [3.05, 3.63) is 59.2 Å². The van der Waals surface area contributed by atoms with Crippen molar-refractivity contribution < 1.29 is 21.6 Å². The molecule has 0 saturated heterocycles. The van der Waals surface area contributed by atoms with Crippen LogP contribution in [0.1, 0.15) is 40.9 Å². The number of sulfone groups is 1. The smallest absolute Gasteiger partial charge is 0.252 e. The van der Waals surface area contributed by atoms with Gasteiger partial charge in [-0.15, -0.1) is 0 Å². The summed E-state index contributed by atoms with van der Waals surface area (Å²) in [4.78, 5) is 13.1. The Morgan fingerprint density at radius 3 is 2.10 bits per heavy atom. The van der Waals surface area contributed by atoms with E-state index in [4.69, 9.17) is 0 Å². The standard InChI is InChI=1S/C20H26N2O5S2/c1-6-18(15-10-12-16(13-11-15)28(4,24)25)21-20(23)17-8-7-9-19(14(17)2)22(3)29(5,26)27/h7-13,18H,6H2,1-5H3,(H,21,23)/t18-/m1/s1. The van der Waals surface area contributed by atoms with E-state index in [0.29, 0.717) is 23.2 Å². The molecule has 1 amide bonds. The summed E-state index contributed by atoms with van der Waals surface area (Å²) in [5.74, 6) is -0.328. The van der Waals surface area contributed by atoms with E-state index in [0.717, 1.165) is 22.4 Å². The third-order valence-corrected chi connectivity index (χ3v) is 7.13. The van der Waals surface area contributed by atoms with Crippen LogP contribution in [0.5, 0.6) is 0 Å². The number of benzene rings is 2. The van der Waals surface area contributed by atoms with Crippen molar-refractivity contribution in [1.82, 2.24) is 5.32 Å². The van der Waals surface area contributed by atoms with E-state index in [-0.39, 0.29) is 16.8 Å². The van der Waals surface area contributed by atoms with Gasteiger partial charge in [0.1, 0.15) is 0 Å². The molecule has 1 atom stereocenters. The van der Waals surface area contributed by atoms with Crippen molar-refractivity contribution in [3.8, 4) is 0 Å². The van der Waals surface area contributed by atoms with Crippen molar-refractivity contribution in [3.63, 3.8) is 0 Å². The van der Waals surface area contributed by atoms with Crippen LogP contribution in [0.3, 0.4) is 0 Å². The van der Waals surface area contributed by atoms with E-state index in [9.17, 15) is 21.6 Å². The summed E-state index contributed by atoms with van der Waals surface area (Å²) in [7, 11) is -5.30. The van der Waals surface area contributed by atoms with Crippen LogP contribution in [0.15, 0.2) is 47.4 Å². The van der Waals surface area contributed by atoms with E-state index < -0.39 is 19.9 Å². The first-order valence-corrected chi connectivity index (χ1v) is 12.7. The molecule has 0 aliphatic rings. The van der Waals surface area contributed by atoms with Crippen LogP contribution in [0.4, 0.5) is 5.69 Å². The number of nitrogens with zero attached hydrogens (tertiary/aromatic N) is 1. The second kappa shape index (κ2) is 8.54. The van der Waals surface area contributed by atoms with Gasteiger partial charge in [0.2, 0.25) is 10.0 Å². The van der Waals surface area contributed by atoms with Gasteiger partial charge >= 0.3 is 0 Å². The van der Waals surface area contributed by atoms with Crippen LogP contribution in [-0.4, -0.2) is 42.3 Å². The highest BCUT2D eigenvalue weighted by molar-refractivity contribution is 7.92. The molecule has 2 rings (SSSR count). The lowest BCUT2D eigenvalue weighted by atomic mass is 10.0. The van der Waals surface area contributed by atoms with Gasteiger partial charge in [-0.2, -0.15) is 0 Å². The van der Waals surface area contributed by atoms with Crippen LogP contribution < -0.4 is 9.62 Å². The van der Waals surface area contributed by atoms with Gasteiger partial charge in [0.15, 0.2) is 9.84 Å². The van der Waals surface area contributed by atoms with E-state index in [1.54, 1.807) is 37.3 Å². The highest BCUT2D eigenvalue weighted by Crippen LogP contribution is 2.25. The number of hydrogen-bond donors (Lipinski definition) is 1. The maximum atomic E-state index is 12.9. The monoisotopic (exact) mass is 438 g/mol. The Balaban J connectivity index is 2.31. The van der Waals surface area contributed by atoms with Crippen molar-refractivity contribution in [2.75, 3.05) is 23.9 Å². The largest absolute Gasteiger partial charge is 0.345 e.